The summed E-state index contributed by atoms with van der Waals surface area (Å²) in [5, 5.41) is 6.01. The van der Waals surface area contributed by atoms with Gasteiger partial charge in [-0.25, -0.2) is 18.7 Å². The van der Waals surface area contributed by atoms with Crippen LogP contribution in [0, 0.1) is 18.8 Å². The van der Waals surface area contributed by atoms with Crippen LogP contribution >= 0.6 is 0 Å². The van der Waals surface area contributed by atoms with Crippen LogP contribution in [0.5, 0.6) is 0 Å². The van der Waals surface area contributed by atoms with E-state index in [2.05, 4.69) is 27.0 Å². The molecule has 33 heavy (non-hydrogen) atoms. The minimum absolute atomic E-state index is 0.0177. The standard InChI is InChI=1S/C27H19F2N3O/c1-17-6-10-23-25(14-19-4-3-5-21(12-19)27(2,28)29)32-33-26(23)22(17)11-8-18-7-9-20-15-30-16-31-24(20)13-18/h3-7,9-10,12-13,15-16H,14H2,1-2H3. The molecule has 3 aromatic carbocycles. The Kier molecular flexibility index (Phi) is 5.10. The fraction of sp³-hybridized carbons (Fsp3) is 0.148. The lowest BCUT2D eigenvalue weighted by Gasteiger charge is -2.11. The van der Waals surface area contributed by atoms with E-state index in [-0.39, 0.29) is 5.56 Å². The molecule has 4 nitrogen and oxygen atoms in total. The van der Waals surface area contributed by atoms with E-state index < -0.39 is 5.92 Å². The van der Waals surface area contributed by atoms with Crippen molar-refractivity contribution in [2.24, 2.45) is 0 Å². The zero-order chi connectivity index (χ0) is 23.0. The van der Waals surface area contributed by atoms with E-state index in [0.717, 1.165) is 45.5 Å². The topological polar surface area (TPSA) is 51.8 Å². The van der Waals surface area contributed by atoms with Crippen molar-refractivity contribution in [1.29, 1.82) is 0 Å². The Labute approximate surface area is 189 Å². The van der Waals surface area contributed by atoms with Crippen molar-refractivity contribution in [1.82, 2.24) is 15.1 Å². The summed E-state index contributed by atoms with van der Waals surface area (Å²) in [5.74, 6) is 3.51. The molecule has 0 aliphatic carbocycles. The number of hydrogen-bond donors (Lipinski definition) is 0. The van der Waals surface area contributed by atoms with Gasteiger partial charge in [0.2, 0.25) is 0 Å². The summed E-state index contributed by atoms with van der Waals surface area (Å²) in [6.45, 7) is 2.86. The second-order valence-corrected chi connectivity index (χ2v) is 8.08. The number of rotatable bonds is 3. The first-order valence-electron chi connectivity index (χ1n) is 10.5. The molecule has 0 radical (unpaired) electrons. The molecule has 0 aliphatic rings. The lowest BCUT2D eigenvalue weighted by Crippen LogP contribution is -2.07. The van der Waals surface area contributed by atoms with Gasteiger partial charge in [0.15, 0.2) is 5.58 Å². The highest BCUT2D eigenvalue weighted by Crippen LogP contribution is 2.30. The largest absolute Gasteiger partial charge is 0.355 e. The van der Waals surface area contributed by atoms with Crippen LogP contribution in [0.25, 0.3) is 21.9 Å². The maximum Gasteiger partial charge on any atom is 0.270 e. The highest BCUT2D eigenvalue weighted by atomic mass is 19.3. The lowest BCUT2D eigenvalue weighted by molar-refractivity contribution is 0.0174. The van der Waals surface area contributed by atoms with Gasteiger partial charge in [0.05, 0.1) is 16.8 Å². The molecule has 0 aliphatic heterocycles. The van der Waals surface area contributed by atoms with E-state index in [9.17, 15) is 8.78 Å². The monoisotopic (exact) mass is 439 g/mol. The maximum atomic E-state index is 13.7. The summed E-state index contributed by atoms with van der Waals surface area (Å²) >= 11 is 0. The summed E-state index contributed by atoms with van der Waals surface area (Å²) in [5.41, 5.74) is 5.38. The molecule has 0 atom stereocenters. The zero-order valence-corrected chi connectivity index (χ0v) is 18.1. The van der Waals surface area contributed by atoms with Crippen molar-refractivity contribution in [3.05, 3.63) is 101 Å². The molecule has 0 spiro atoms. The number of alkyl halides is 2. The van der Waals surface area contributed by atoms with Crippen molar-refractivity contribution < 1.29 is 13.3 Å². The Bertz CT molecular complexity index is 1560. The molecule has 0 amide bonds. The van der Waals surface area contributed by atoms with Gasteiger partial charge < -0.3 is 4.52 Å². The van der Waals surface area contributed by atoms with E-state index in [0.29, 0.717) is 17.7 Å². The first-order chi connectivity index (χ1) is 15.9. The molecule has 162 valence electrons. The Morgan fingerprint density at radius 2 is 1.91 bits per heavy atom. The molecule has 0 N–H and O–H groups in total. The molecule has 2 heterocycles. The normalized spacial score (nSPS) is 11.5. The predicted octanol–water partition coefficient (Wildman–Crippen LogP) is 6.18. The molecule has 0 fully saturated rings. The summed E-state index contributed by atoms with van der Waals surface area (Å²) in [4.78, 5) is 8.30. The second-order valence-electron chi connectivity index (χ2n) is 8.08. The number of hydrogen-bond acceptors (Lipinski definition) is 4. The smallest absolute Gasteiger partial charge is 0.270 e. The summed E-state index contributed by atoms with van der Waals surface area (Å²) in [6.07, 6.45) is 3.66. The fourth-order valence-corrected chi connectivity index (χ4v) is 3.77. The second kappa shape index (κ2) is 8.10. The maximum absolute atomic E-state index is 13.7. The first-order valence-corrected chi connectivity index (χ1v) is 10.5. The van der Waals surface area contributed by atoms with Gasteiger partial charge in [0.1, 0.15) is 6.33 Å². The average Bonchev–Trinajstić information content (AvgIpc) is 3.20. The molecule has 6 heteroatoms. The highest BCUT2D eigenvalue weighted by molar-refractivity contribution is 5.87. The van der Waals surface area contributed by atoms with Gasteiger partial charge >= 0.3 is 0 Å². The third-order valence-electron chi connectivity index (χ3n) is 5.57. The molecule has 0 saturated heterocycles. The first kappa shape index (κ1) is 20.8. The fourth-order valence-electron chi connectivity index (χ4n) is 3.77. The third kappa shape index (κ3) is 4.18. The van der Waals surface area contributed by atoms with Crippen molar-refractivity contribution in [3.8, 4) is 11.8 Å². The van der Waals surface area contributed by atoms with Crippen LogP contribution in [0.1, 0.15) is 40.4 Å². The van der Waals surface area contributed by atoms with Crippen molar-refractivity contribution in [2.75, 3.05) is 0 Å². The van der Waals surface area contributed by atoms with Crippen LogP contribution in [-0.2, 0) is 12.3 Å². The molecule has 0 unspecified atom stereocenters. The molecule has 5 rings (SSSR count). The Balaban J connectivity index is 1.51. The molecule has 0 bridgehead atoms. The van der Waals surface area contributed by atoms with Gasteiger partial charge in [-0.15, -0.1) is 0 Å². The number of aryl methyl sites for hydroxylation is 1. The van der Waals surface area contributed by atoms with Crippen LogP contribution in [-0.4, -0.2) is 15.1 Å². The van der Waals surface area contributed by atoms with E-state index >= 15 is 0 Å². The molecular weight excluding hydrogens is 420 g/mol. The Hall–Kier alpha value is -4.11. The number of halogens is 2. The molecule has 5 aromatic rings. The van der Waals surface area contributed by atoms with Gasteiger partial charge in [0, 0.05) is 41.4 Å². The molecule has 2 aromatic heterocycles. The highest BCUT2D eigenvalue weighted by Gasteiger charge is 2.24. The number of benzene rings is 3. The van der Waals surface area contributed by atoms with E-state index in [1.165, 1.54) is 18.5 Å². The van der Waals surface area contributed by atoms with Crippen molar-refractivity contribution in [3.63, 3.8) is 0 Å². The zero-order valence-electron chi connectivity index (χ0n) is 18.1. The number of fused-ring (bicyclic) bond motifs is 2. The summed E-state index contributed by atoms with van der Waals surface area (Å²) in [7, 11) is 0. The number of nitrogens with zero attached hydrogens (tertiary/aromatic N) is 3. The van der Waals surface area contributed by atoms with E-state index in [1.807, 2.05) is 43.3 Å². The summed E-state index contributed by atoms with van der Waals surface area (Å²) in [6, 6.07) is 16.1. The van der Waals surface area contributed by atoms with Crippen molar-refractivity contribution >= 4 is 21.9 Å². The minimum Gasteiger partial charge on any atom is -0.355 e. The van der Waals surface area contributed by atoms with Crippen LogP contribution in [0.2, 0.25) is 0 Å². The van der Waals surface area contributed by atoms with Crippen LogP contribution < -0.4 is 0 Å². The number of aromatic nitrogens is 3. The molecular formula is C27H19F2N3O. The van der Waals surface area contributed by atoms with Gasteiger partial charge in [-0.2, -0.15) is 0 Å². The molecule has 0 saturated carbocycles. The van der Waals surface area contributed by atoms with Gasteiger partial charge in [-0.3, -0.25) is 0 Å². The minimum atomic E-state index is -2.89. The third-order valence-corrected chi connectivity index (χ3v) is 5.57. The van der Waals surface area contributed by atoms with Crippen molar-refractivity contribution in [2.45, 2.75) is 26.2 Å². The predicted molar refractivity (Wildman–Crippen MR) is 123 cm³/mol. The van der Waals surface area contributed by atoms with Gasteiger partial charge in [-0.1, -0.05) is 47.3 Å². The van der Waals surface area contributed by atoms with E-state index in [4.69, 9.17) is 4.52 Å². The van der Waals surface area contributed by atoms with Crippen LogP contribution in [0.15, 0.2) is 71.6 Å². The summed E-state index contributed by atoms with van der Waals surface area (Å²) < 4.78 is 33.1. The van der Waals surface area contributed by atoms with Gasteiger partial charge in [0.25, 0.3) is 5.92 Å². The Morgan fingerprint density at radius 3 is 2.76 bits per heavy atom. The van der Waals surface area contributed by atoms with E-state index in [1.54, 1.807) is 12.3 Å². The van der Waals surface area contributed by atoms with Crippen LogP contribution in [0.3, 0.4) is 0 Å². The van der Waals surface area contributed by atoms with Gasteiger partial charge in [-0.05, 0) is 42.3 Å². The van der Waals surface area contributed by atoms with Crippen LogP contribution in [0.4, 0.5) is 8.78 Å². The average molecular weight is 439 g/mol. The Morgan fingerprint density at radius 1 is 1.03 bits per heavy atom. The SMILES string of the molecule is Cc1ccc2c(Cc3cccc(C(C)(F)F)c3)noc2c1C#Cc1ccc2cncnc2c1. The lowest BCUT2D eigenvalue weighted by atomic mass is 10.00. The quantitative estimate of drug-likeness (QED) is 0.315.